The smallest absolute Gasteiger partial charge is 0.233 e. The summed E-state index contributed by atoms with van der Waals surface area (Å²) < 4.78 is 0. The Hall–Kier alpha value is -2.08. The van der Waals surface area contributed by atoms with Crippen molar-refractivity contribution in [2.75, 3.05) is 43.4 Å². The van der Waals surface area contributed by atoms with Gasteiger partial charge >= 0.3 is 0 Å². The number of nitrogens with zero attached hydrogens (tertiary/aromatic N) is 2. The second kappa shape index (κ2) is 8.68. The van der Waals surface area contributed by atoms with Crippen LogP contribution in [0.1, 0.15) is 26.7 Å². The van der Waals surface area contributed by atoms with Crippen molar-refractivity contribution in [3.8, 4) is 0 Å². The molecule has 6 heteroatoms. The Bertz CT molecular complexity index is 551. The van der Waals surface area contributed by atoms with Crippen LogP contribution in [0.15, 0.2) is 24.3 Å². The van der Waals surface area contributed by atoms with Gasteiger partial charge in [-0.3, -0.25) is 9.59 Å². The van der Waals surface area contributed by atoms with E-state index in [4.69, 9.17) is 0 Å². The summed E-state index contributed by atoms with van der Waals surface area (Å²) in [5.41, 5.74) is 1.88. The summed E-state index contributed by atoms with van der Waals surface area (Å²) in [5, 5.41) is 5.57. The van der Waals surface area contributed by atoms with Crippen LogP contribution in [-0.2, 0) is 9.59 Å². The number of amides is 2. The van der Waals surface area contributed by atoms with E-state index in [1.807, 2.05) is 38.1 Å². The zero-order valence-electron chi connectivity index (χ0n) is 14.8. The minimum Gasteiger partial charge on any atom is -0.369 e. The Morgan fingerprint density at radius 1 is 1.08 bits per heavy atom. The van der Waals surface area contributed by atoms with E-state index in [1.54, 1.807) is 0 Å². The molecule has 0 spiro atoms. The molecule has 0 aromatic heterocycles. The molecule has 1 fully saturated rings. The van der Waals surface area contributed by atoms with Gasteiger partial charge in [-0.25, -0.2) is 0 Å². The highest BCUT2D eigenvalue weighted by Gasteiger charge is 2.15. The van der Waals surface area contributed by atoms with Gasteiger partial charge in [-0.1, -0.05) is 6.92 Å². The number of carbonyl (C=O) groups excluding carboxylic acids is 2. The van der Waals surface area contributed by atoms with Gasteiger partial charge in [0.25, 0.3) is 0 Å². The van der Waals surface area contributed by atoms with Crippen molar-refractivity contribution in [1.82, 2.24) is 10.2 Å². The monoisotopic (exact) mass is 332 g/mol. The van der Waals surface area contributed by atoms with Gasteiger partial charge in [0.05, 0.1) is 0 Å². The molecule has 0 aliphatic carbocycles. The van der Waals surface area contributed by atoms with E-state index in [0.29, 0.717) is 5.69 Å². The number of hydrogen-bond donors (Lipinski definition) is 2. The number of rotatable bonds is 6. The summed E-state index contributed by atoms with van der Waals surface area (Å²) in [5.74, 6) is -0.529. The van der Waals surface area contributed by atoms with Gasteiger partial charge in [-0.2, -0.15) is 0 Å². The van der Waals surface area contributed by atoms with E-state index in [-0.39, 0.29) is 24.3 Å². The van der Waals surface area contributed by atoms with Crippen molar-refractivity contribution in [2.45, 2.75) is 32.7 Å². The number of nitrogens with one attached hydrogen (secondary N) is 2. The molecule has 1 aromatic rings. The Balaban J connectivity index is 1.82. The molecular formula is C18H28N4O2. The lowest BCUT2D eigenvalue weighted by Gasteiger charge is -2.34. The van der Waals surface area contributed by atoms with E-state index in [9.17, 15) is 9.59 Å². The maximum Gasteiger partial charge on any atom is 0.233 e. The van der Waals surface area contributed by atoms with Crippen LogP contribution < -0.4 is 15.5 Å². The summed E-state index contributed by atoms with van der Waals surface area (Å²) in [4.78, 5) is 28.3. The lowest BCUT2D eigenvalue weighted by Crippen LogP contribution is -2.44. The minimum absolute atomic E-state index is 0.0909. The summed E-state index contributed by atoms with van der Waals surface area (Å²) in [7, 11) is 2.13. The minimum atomic E-state index is -0.289. The summed E-state index contributed by atoms with van der Waals surface area (Å²) in [6, 6.07) is 7.89. The SMILES string of the molecule is CCC(C)NC(=O)CC(=O)Nc1ccc(N2CCN(C)CC2)cc1. The fraction of sp³-hybridized carbons (Fsp3) is 0.556. The summed E-state index contributed by atoms with van der Waals surface area (Å²) in [6.45, 7) is 8.06. The normalized spacial score (nSPS) is 16.5. The van der Waals surface area contributed by atoms with Crippen LogP contribution in [0.3, 0.4) is 0 Å². The molecule has 0 bridgehead atoms. The highest BCUT2D eigenvalue weighted by Crippen LogP contribution is 2.19. The van der Waals surface area contributed by atoms with Gasteiger partial charge in [0, 0.05) is 43.6 Å². The highest BCUT2D eigenvalue weighted by atomic mass is 16.2. The number of benzene rings is 1. The molecule has 1 aliphatic rings. The fourth-order valence-electron chi connectivity index (χ4n) is 2.60. The number of carbonyl (C=O) groups is 2. The average molecular weight is 332 g/mol. The molecule has 1 saturated heterocycles. The molecule has 2 N–H and O–H groups in total. The van der Waals surface area contributed by atoms with Crippen molar-refractivity contribution in [2.24, 2.45) is 0 Å². The second-order valence-electron chi connectivity index (χ2n) is 6.44. The molecule has 1 aromatic carbocycles. The quantitative estimate of drug-likeness (QED) is 0.778. The zero-order chi connectivity index (χ0) is 17.5. The molecule has 132 valence electrons. The van der Waals surface area contributed by atoms with Crippen LogP contribution in [0.2, 0.25) is 0 Å². The van der Waals surface area contributed by atoms with Crippen LogP contribution in [0, 0.1) is 0 Å². The zero-order valence-corrected chi connectivity index (χ0v) is 14.8. The molecule has 1 unspecified atom stereocenters. The first kappa shape index (κ1) is 18.3. The van der Waals surface area contributed by atoms with Crippen molar-refractivity contribution in [1.29, 1.82) is 0 Å². The van der Waals surface area contributed by atoms with E-state index >= 15 is 0 Å². The van der Waals surface area contributed by atoms with Crippen LogP contribution in [0.5, 0.6) is 0 Å². The molecular weight excluding hydrogens is 304 g/mol. The van der Waals surface area contributed by atoms with E-state index < -0.39 is 0 Å². The van der Waals surface area contributed by atoms with E-state index in [0.717, 1.165) is 38.3 Å². The molecule has 24 heavy (non-hydrogen) atoms. The van der Waals surface area contributed by atoms with Crippen LogP contribution in [0.4, 0.5) is 11.4 Å². The van der Waals surface area contributed by atoms with Crippen LogP contribution >= 0.6 is 0 Å². The van der Waals surface area contributed by atoms with Crippen LogP contribution in [-0.4, -0.2) is 56.0 Å². The lowest BCUT2D eigenvalue weighted by molar-refractivity contribution is -0.127. The van der Waals surface area contributed by atoms with Crippen molar-refractivity contribution < 1.29 is 9.59 Å². The van der Waals surface area contributed by atoms with Gasteiger partial charge in [0.2, 0.25) is 11.8 Å². The Morgan fingerprint density at radius 3 is 2.29 bits per heavy atom. The molecule has 0 saturated carbocycles. The Morgan fingerprint density at radius 2 is 1.71 bits per heavy atom. The molecule has 1 atom stereocenters. The average Bonchev–Trinajstić information content (AvgIpc) is 2.56. The number of piperazine rings is 1. The van der Waals surface area contributed by atoms with Gasteiger partial charge in [-0.05, 0) is 44.7 Å². The Kier molecular flexibility index (Phi) is 6.61. The summed E-state index contributed by atoms with van der Waals surface area (Å²) >= 11 is 0. The molecule has 2 rings (SSSR count). The van der Waals surface area contributed by atoms with E-state index in [2.05, 4.69) is 27.5 Å². The first-order valence-corrected chi connectivity index (χ1v) is 8.60. The molecule has 1 heterocycles. The van der Waals surface area contributed by atoms with E-state index in [1.165, 1.54) is 0 Å². The molecule has 0 radical (unpaired) electrons. The first-order chi connectivity index (χ1) is 11.5. The fourth-order valence-corrected chi connectivity index (χ4v) is 2.60. The third-order valence-electron chi connectivity index (χ3n) is 4.36. The maximum absolute atomic E-state index is 11.9. The topological polar surface area (TPSA) is 64.7 Å². The predicted octanol–water partition coefficient (Wildman–Crippen LogP) is 1.68. The third kappa shape index (κ3) is 5.53. The van der Waals surface area contributed by atoms with Gasteiger partial charge in [-0.15, -0.1) is 0 Å². The lowest BCUT2D eigenvalue weighted by atomic mass is 10.2. The van der Waals surface area contributed by atoms with Crippen molar-refractivity contribution in [3.63, 3.8) is 0 Å². The highest BCUT2D eigenvalue weighted by molar-refractivity contribution is 6.03. The maximum atomic E-state index is 11.9. The van der Waals surface area contributed by atoms with Gasteiger partial charge in [0.1, 0.15) is 6.42 Å². The second-order valence-corrected chi connectivity index (χ2v) is 6.44. The number of likely N-dealkylation sites (N-methyl/N-ethyl adjacent to an activating group) is 1. The first-order valence-electron chi connectivity index (χ1n) is 8.60. The van der Waals surface area contributed by atoms with Crippen molar-refractivity contribution in [3.05, 3.63) is 24.3 Å². The largest absolute Gasteiger partial charge is 0.369 e. The third-order valence-corrected chi connectivity index (χ3v) is 4.36. The molecule has 2 amide bonds. The predicted molar refractivity (Wildman–Crippen MR) is 97.3 cm³/mol. The van der Waals surface area contributed by atoms with Gasteiger partial charge in [0.15, 0.2) is 0 Å². The standard InChI is InChI=1S/C18H28N4O2/c1-4-14(2)19-17(23)13-18(24)20-15-5-7-16(8-6-15)22-11-9-21(3)10-12-22/h5-8,14H,4,9-13H2,1-3H3,(H,19,23)(H,20,24). The number of hydrogen-bond acceptors (Lipinski definition) is 4. The Labute approximate surface area is 144 Å². The van der Waals surface area contributed by atoms with Crippen LogP contribution in [0.25, 0.3) is 0 Å². The van der Waals surface area contributed by atoms with Crippen molar-refractivity contribution >= 4 is 23.2 Å². The molecule has 6 nitrogen and oxygen atoms in total. The number of anilines is 2. The summed E-state index contributed by atoms with van der Waals surface area (Å²) in [6.07, 6.45) is 0.700. The van der Waals surface area contributed by atoms with Gasteiger partial charge < -0.3 is 20.4 Å². The molecule has 1 aliphatic heterocycles.